The highest BCUT2D eigenvalue weighted by Crippen LogP contribution is 2.31. The first-order valence-corrected chi connectivity index (χ1v) is 5.90. The Morgan fingerprint density at radius 3 is 2.93 bits per heavy atom. The van der Waals surface area contributed by atoms with E-state index in [2.05, 4.69) is 22.0 Å². The monoisotopic (exact) mass is 225 g/mol. The summed E-state index contributed by atoms with van der Waals surface area (Å²) >= 11 is 5.84. The molecular weight excluding hydrogens is 210 g/mol. The SMILES string of the molecule is CCCN(CC1CC1)c1cnnc(Cl)c1. The molecular formula is C11H16ClN3. The molecule has 0 saturated heterocycles. The lowest BCUT2D eigenvalue weighted by Gasteiger charge is -2.23. The summed E-state index contributed by atoms with van der Waals surface area (Å²) in [6, 6.07) is 1.90. The third-order valence-corrected chi connectivity index (χ3v) is 2.83. The minimum atomic E-state index is 0.476. The van der Waals surface area contributed by atoms with Crippen molar-refractivity contribution < 1.29 is 0 Å². The number of hydrogen-bond donors (Lipinski definition) is 0. The first-order valence-electron chi connectivity index (χ1n) is 5.52. The highest BCUT2D eigenvalue weighted by Gasteiger charge is 2.24. The number of aromatic nitrogens is 2. The van der Waals surface area contributed by atoms with Gasteiger partial charge < -0.3 is 4.90 Å². The van der Waals surface area contributed by atoms with Crippen LogP contribution >= 0.6 is 11.6 Å². The molecule has 0 amide bonds. The Morgan fingerprint density at radius 1 is 1.53 bits per heavy atom. The van der Waals surface area contributed by atoms with Crippen LogP contribution in [-0.2, 0) is 0 Å². The van der Waals surface area contributed by atoms with E-state index >= 15 is 0 Å². The van der Waals surface area contributed by atoms with E-state index in [0.29, 0.717) is 5.15 Å². The molecule has 82 valence electrons. The van der Waals surface area contributed by atoms with E-state index in [0.717, 1.165) is 31.1 Å². The predicted octanol–water partition coefficient (Wildman–Crippen LogP) is 2.76. The molecule has 1 aromatic heterocycles. The molecule has 1 fully saturated rings. The van der Waals surface area contributed by atoms with Crippen LogP contribution in [0, 0.1) is 5.92 Å². The van der Waals surface area contributed by atoms with Crippen molar-refractivity contribution in [2.45, 2.75) is 26.2 Å². The van der Waals surface area contributed by atoms with E-state index in [-0.39, 0.29) is 0 Å². The van der Waals surface area contributed by atoms with Crippen LogP contribution in [-0.4, -0.2) is 23.3 Å². The van der Waals surface area contributed by atoms with Gasteiger partial charge in [0.15, 0.2) is 5.15 Å². The van der Waals surface area contributed by atoms with Gasteiger partial charge in [-0.15, -0.1) is 5.10 Å². The van der Waals surface area contributed by atoms with E-state index in [1.165, 1.54) is 12.8 Å². The van der Waals surface area contributed by atoms with E-state index in [4.69, 9.17) is 11.6 Å². The van der Waals surface area contributed by atoms with E-state index in [1.807, 2.05) is 6.07 Å². The maximum absolute atomic E-state index is 5.84. The van der Waals surface area contributed by atoms with Gasteiger partial charge in [-0.2, -0.15) is 5.10 Å². The molecule has 0 atom stereocenters. The van der Waals surface area contributed by atoms with Gasteiger partial charge in [0, 0.05) is 19.2 Å². The Morgan fingerprint density at radius 2 is 2.33 bits per heavy atom. The number of anilines is 1. The molecule has 15 heavy (non-hydrogen) atoms. The molecule has 1 saturated carbocycles. The third-order valence-electron chi connectivity index (χ3n) is 2.64. The maximum atomic E-state index is 5.84. The summed E-state index contributed by atoms with van der Waals surface area (Å²) in [5.41, 5.74) is 1.10. The predicted molar refractivity (Wildman–Crippen MR) is 62.3 cm³/mol. The van der Waals surface area contributed by atoms with Gasteiger partial charge in [-0.25, -0.2) is 0 Å². The van der Waals surface area contributed by atoms with Gasteiger partial charge in [0.05, 0.1) is 11.9 Å². The molecule has 0 unspecified atom stereocenters. The van der Waals surface area contributed by atoms with Crippen LogP contribution in [0.5, 0.6) is 0 Å². The maximum Gasteiger partial charge on any atom is 0.153 e. The number of nitrogens with zero attached hydrogens (tertiary/aromatic N) is 3. The first kappa shape index (κ1) is 10.7. The van der Waals surface area contributed by atoms with E-state index in [1.54, 1.807) is 6.20 Å². The second-order valence-corrected chi connectivity index (χ2v) is 4.51. The zero-order chi connectivity index (χ0) is 10.7. The second kappa shape index (κ2) is 4.79. The van der Waals surface area contributed by atoms with Gasteiger partial charge in [0.25, 0.3) is 0 Å². The number of halogens is 1. The Hall–Kier alpha value is -0.830. The number of hydrogen-bond acceptors (Lipinski definition) is 3. The van der Waals surface area contributed by atoms with Gasteiger partial charge in [0.1, 0.15) is 0 Å². The fourth-order valence-electron chi connectivity index (χ4n) is 1.71. The van der Waals surface area contributed by atoms with Crippen LogP contribution in [0.2, 0.25) is 5.15 Å². The molecule has 0 spiro atoms. The molecule has 4 heteroatoms. The fraction of sp³-hybridized carbons (Fsp3) is 0.636. The molecule has 0 radical (unpaired) electrons. The lowest BCUT2D eigenvalue weighted by atomic mass is 10.3. The van der Waals surface area contributed by atoms with Gasteiger partial charge in [-0.3, -0.25) is 0 Å². The number of rotatable bonds is 5. The van der Waals surface area contributed by atoms with Crippen molar-refractivity contribution in [1.29, 1.82) is 0 Å². The lowest BCUT2D eigenvalue weighted by molar-refractivity contribution is 0.705. The van der Waals surface area contributed by atoms with Gasteiger partial charge in [0.2, 0.25) is 0 Å². The van der Waals surface area contributed by atoms with Crippen molar-refractivity contribution >= 4 is 17.3 Å². The van der Waals surface area contributed by atoms with E-state index < -0.39 is 0 Å². The molecule has 3 nitrogen and oxygen atoms in total. The van der Waals surface area contributed by atoms with Crippen molar-refractivity contribution in [3.8, 4) is 0 Å². The van der Waals surface area contributed by atoms with Crippen LogP contribution in [0.1, 0.15) is 26.2 Å². The smallest absolute Gasteiger partial charge is 0.153 e. The van der Waals surface area contributed by atoms with Gasteiger partial charge in [-0.1, -0.05) is 18.5 Å². The summed E-state index contributed by atoms with van der Waals surface area (Å²) in [4.78, 5) is 2.36. The Bertz CT molecular complexity index is 325. The third kappa shape index (κ3) is 3.06. The second-order valence-electron chi connectivity index (χ2n) is 4.13. The topological polar surface area (TPSA) is 29.0 Å². The van der Waals surface area contributed by atoms with Crippen molar-refractivity contribution in [2.75, 3.05) is 18.0 Å². The fourth-order valence-corrected chi connectivity index (χ4v) is 1.87. The highest BCUT2D eigenvalue weighted by atomic mass is 35.5. The van der Waals surface area contributed by atoms with Crippen molar-refractivity contribution in [3.63, 3.8) is 0 Å². The Kier molecular flexibility index (Phi) is 3.41. The summed E-state index contributed by atoms with van der Waals surface area (Å²) in [7, 11) is 0. The van der Waals surface area contributed by atoms with Crippen molar-refractivity contribution in [2.24, 2.45) is 5.92 Å². The average Bonchev–Trinajstić information content (AvgIpc) is 3.01. The zero-order valence-electron chi connectivity index (χ0n) is 8.99. The summed E-state index contributed by atoms with van der Waals surface area (Å²) in [5, 5.41) is 8.13. The summed E-state index contributed by atoms with van der Waals surface area (Å²) in [6.45, 7) is 4.39. The Balaban J connectivity index is 2.07. The molecule has 0 N–H and O–H groups in total. The minimum Gasteiger partial charge on any atom is -0.370 e. The normalized spacial score (nSPS) is 15.3. The van der Waals surface area contributed by atoms with Crippen LogP contribution in [0.3, 0.4) is 0 Å². The van der Waals surface area contributed by atoms with Gasteiger partial charge >= 0.3 is 0 Å². The van der Waals surface area contributed by atoms with Crippen LogP contribution in [0.15, 0.2) is 12.3 Å². The lowest BCUT2D eigenvalue weighted by Crippen LogP contribution is -2.26. The summed E-state index contributed by atoms with van der Waals surface area (Å²) in [6.07, 6.45) is 5.68. The van der Waals surface area contributed by atoms with E-state index in [9.17, 15) is 0 Å². The Labute approximate surface area is 95.5 Å². The van der Waals surface area contributed by atoms with Crippen molar-refractivity contribution in [3.05, 3.63) is 17.4 Å². The minimum absolute atomic E-state index is 0.476. The molecule has 0 bridgehead atoms. The molecule has 0 aromatic carbocycles. The molecule has 1 aliphatic rings. The van der Waals surface area contributed by atoms with Crippen LogP contribution < -0.4 is 4.90 Å². The van der Waals surface area contributed by atoms with Crippen LogP contribution in [0.4, 0.5) is 5.69 Å². The standard InChI is InChI=1S/C11H16ClN3/c1-2-5-15(8-9-3-4-9)10-6-11(12)14-13-7-10/h6-7,9H,2-5,8H2,1H3. The summed E-state index contributed by atoms with van der Waals surface area (Å²) < 4.78 is 0. The van der Waals surface area contributed by atoms with Crippen molar-refractivity contribution in [1.82, 2.24) is 10.2 Å². The molecule has 1 aliphatic carbocycles. The highest BCUT2D eigenvalue weighted by molar-refractivity contribution is 6.29. The molecule has 1 heterocycles. The molecule has 1 aromatic rings. The van der Waals surface area contributed by atoms with Gasteiger partial charge in [-0.05, 0) is 25.2 Å². The summed E-state index contributed by atoms with van der Waals surface area (Å²) in [5.74, 6) is 0.878. The zero-order valence-corrected chi connectivity index (χ0v) is 9.74. The molecule has 0 aliphatic heterocycles. The average molecular weight is 226 g/mol. The first-order chi connectivity index (χ1) is 7.29. The van der Waals surface area contributed by atoms with Crippen LogP contribution in [0.25, 0.3) is 0 Å². The quantitative estimate of drug-likeness (QED) is 0.772. The molecule has 2 rings (SSSR count). The largest absolute Gasteiger partial charge is 0.370 e.